The molecule has 144 valence electrons. The number of sulfone groups is 1. The minimum atomic E-state index is -3.22. The second-order valence-electron chi connectivity index (χ2n) is 7.73. The van der Waals surface area contributed by atoms with Crippen molar-refractivity contribution in [3.63, 3.8) is 0 Å². The zero-order valence-corrected chi connectivity index (χ0v) is 17.1. The number of nitrogens with zero attached hydrogens (tertiary/aromatic N) is 1. The molecule has 0 spiro atoms. The maximum Gasteiger partial charge on any atom is 0.175 e. The lowest BCUT2D eigenvalue weighted by Crippen LogP contribution is -2.28. The molecule has 2 atom stereocenters. The Kier molecular flexibility index (Phi) is 5.56. The highest BCUT2D eigenvalue weighted by atomic mass is 32.2. The van der Waals surface area contributed by atoms with Crippen LogP contribution in [-0.4, -0.2) is 51.4 Å². The van der Waals surface area contributed by atoms with Crippen LogP contribution in [0.1, 0.15) is 23.1 Å². The highest BCUT2D eigenvalue weighted by Crippen LogP contribution is 2.43. The number of hydrogen-bond acceptors (Lipinski definition) is 4. The maximum atomic E-state index is 11.8. The average molecular weight is 386 g/mol. The molecule has 1 aliphatic carbocycles. The van der Waals surface area contributed by atoms with Gasteiger partial charge in [0.2, 0.25) is 0 Å². The number of benzene rings is 2. The summed E-state index contributed by atoms with van der Waals surface area (Å²) in [6, 6.07) is 15.2. The van der Waals surface area contributed by atoms with Crippen molar-refractivity contribution in [3.8, 4) is 0 Å². The molecule has 2 aromatic rings. The van der Waals surface area contributed by atoms with Crippen LogP contribution in [-0.2, 0) is 9.84 Å². The van der Waals surface area contributed by atoms with Crippen LogP contribution in [0.25, 0.3) is 11.1 Å². The van der Waals surface area contributed by atoms with Gasteiger partial charge in [0.05, 0.1) is 11.0 Å². The summed E-state index contributed by atoms with van der Waals surface area (Å²) in [4.78, 5) is 2.41. The largest absolute Gasteiger partial charge is 0.388 e. The Balaban J connectivity index is 2.08. The lowest BCUT2D eigenvalue weighted by molar-refractivity contribution is 0.149. The van der Waals surface area contributed by atoms with Gasteiger partial charge >= 0.3 is 0 Å². The van der Waals surface area contributed by atoms with Crippen LogP contribution in [0.5, 0.6) is 0 Å². The zero-order valence-electron chi connectivity index (χ0n) is 16.3. The first kappa shape index (κ1) is 19.8. The van der Waals surface area contributed by atoms with Crippen molar-refractivity contribution in [1.29, 1.82) is 0 Å². The molecule has 0 heterocycles. The average Bonchev–Trinajstić information content (AvgIpc) is 2.90. The number of rotatable bonds is 5. The molecule has 0 radical (unpaired) electrons. The quantitative estimate of drug-likeness (QED) is 0.858. The summed E-state index contributed by atoms with van der Waals surface area (Å²) in [7, 11) is 0.800. The third kappa shape index (κ3) is 4.32. The predicted molar refractivity (Wildman–Crippen MR) is 110 cm³/mol. The first-order valence-corrected chi connectivity index (χ1v) is 11.0. The lowest BCUT2D eigenvalue weighted by Gasteiger charge is -2.21. The number of aliphatic hydroxyl groups is 1. The van der Waals surface area contributed by atoms with Gasteiger partial charge in [-0.15, -0.1) is 0 Å². The van der Waals surface area contributed by atoms with Gasteiger partial charge in [0.1, 0.15) is 0 Å². The Morgan fingerprint density at radius 1 is 1.07 bits per heavy atom. The highest BCUT2D eigenvalue weighted by molar-refractivity contribution is 7.90. The van der Waals surface area contributed by atoms with Crippen molar-refractivity contribution in [1.82, 2.24) is 4.90 Å². The van der Waals surface area contributed by atoms with Gasteiger partial charge in [0.25, 0.3) is 0 Å². The fraction of sp³-hybridized carbons (Fsp3) is 0.364. The van der Waals surface area contributed by atoms with E-state index in [9.17, 15) is 13.5 Å². The maximum absolute atomic E-state index is 11.8. The molecule has 3 rings (SSSR count). The molecular formula is C22H27NO3S. The molecule has 0 fully saturated rings. The van der Waals surface area contributed by atoms with Gasteiger partial charge in [0.15, 0.2) is 9.84 Å². The molecule has 0 aromatic heterocycles. The number of aryl methyl sites for hydroxylation is 1. The monoisotopic (exact) mass is 385 g/mol. The molecular weight excluding hydrogens is 358 g/mol. The number of aliphatic hydroxyl groups excluding tert-OH is 1. The minimum absolute atomic E-state index is 0.111. The molecule has 1 aliphatic rings. The van der Waals surface area contributed by atoms with Crippen LogP contribution < -0.4 is 0 Å². The second kappa shape index (κ2) is 7.58. The third-order valence-electron chi connectivity index (χ3n) is 5.09. The van der Waals surface area contributed by atoms with Gasteiger partial charge in [-0.3, -0.25) is 0 Å². The summed E-state index contributed by atoms with van der Waals surface area (Å²) in [5, 5.41) is 11.1. The number of hydrogen-bond donors (Lipinski definition) is 1. The van der Waals surface area contributed by atoms with Gasteiger partial charge in [-0.25, -0.2) is 8.42 Å². The SMILES string of the molecule is Cc1cccc(C2=C(c3ccc(S(C)(=O)=O)cc3)CC(CN(C)C)C2O)c1. The molecule has 5 heteroatoms. The summed E-state index contributed by atoms with van der Waals surface area (Å²) in [6.07, 6.45) is 1.44. The predicted octanol–water partition coefficient (Wildman–Crippen LogP) is 3.25. The van der Waals surface area contributed by atoms with Crippen molar-refractivity contribution in [3.05, 3.63) is 65.2 Å². The van der Waals surface area contributed by atoms with Crippen LogP contribution in [0.2, 0.25) is 0 Å². The van der Waals surface area contributed by atoms with E-state index >= 15 is 0 Å². The van der Waals surface area contributed by atoms with Crippen LogP contribution in [0.3, 0.4) is 0 Å². The Morgan fingerprint density at radius 2 is 1.74 bits per heavy atom. The first-order valence-electron chi connectivity index (χ1n) is 9.10. The molecule has 0 amide bonds. The first-order chi connectivity index (χ1) is 12.7. The smallest absolute Gasteiger partial charge is 0.175 e. The normalized spacial score (nSPS) is 20.5. The minimum Gasteiger partial charge on any atom is -0.388 e. The molecule has 0 bridgehead atoms. The standard InChI is InChI=1S/C22H27NO3S/c1-15-6-5-7-17(12-15)21-20(13-18(22(21)24)14-23(2)3)16-8-10-19(11-9-16)27(4,25)26/h5-12,18,22,24H,13-14H2,1-4H3. The van der Waals surface area contributed by atoms with Gasteiger partial charge in [-0.05, 0) is 61.8 Å². The lowest BCUT2D eigenvalue weighted by atomic mass is 9.95. The van der Waals surface area contributed by atoms with Crippen molar-refractivity contribution in [2.24, 2.45) is 5.92 Å². The van der Waals surface area contributed by atoms with Gasteiger partial charge < -0.3 is 10.0 Å². The summed E-state index contributed by atoms with van der Waals surface area (Å²) < 4.78 is 23.5. The van der Waals surface area contributed by atoms with Crippen LogP contribution >= 0.6 is 0 Å². The summed E-state index contributed by atoms with van der Waals surface area (Å²) in [6.45, 7) is 2.84. The Morgan fingerprint density at radius 3 is 2.30 bits per heavy atom. The van der Waals surface area contributed by atoms with E-state index in [0.717, 1.165) is 40.8 Å². The summed E-state index contributed by atoms with van der Waals surface area (Å²) in [5.74, 6) is 0.111. The van der Waals surface area contributed by atoms with Crippen LogP contribution in [0.4, 0.5) is 0 Å². The van der Waals surface area contributed by atoms with E-state index in [2.05, 4.69) is 11.0 Å². The van der Waals surface area contributed by atoms with E-state index in [1.807, 2.05) is 51.4 Å². The molecule has 2 aromatic carbocycles. The molecule has 1 N–H and O–H groups in total. The van der Waals surface area contributed by atoms with E-state index in [1.165, 1.54) is 6.26 Å². The molecule has 0 aliphatic heterocycles. The summed E-state index contributed by atoms with van der Waals surface area (Å²) in [5.41, 5.74) is 5.21. The van der Waals surface area contributed by atoms with E-state index in [0.29, 0.717) is 4.90 Å². The van der Waals surface area contributed by atoms with E-state index in [1.54, 1.807) is 12.1 Å². The number of allylic oxidation sites excluding steroid dienone is 1. The Labute approximate surface area is 162 Å². The van der Waals surface area contributed by atoms with Gasteiger partial charge in [0, 0.05) is 18.7 Å². The highest BCUT2D eigenvalue weighted by Gasteiger charge is 2.35. The fourth-order valence-electron chi connectivity index (χ4n) is 3.87. The van der Waals surface area contributed by atoms with Crippen LogP contribution in [0, 0.1) is 12.8 Å². The van der Waals surface area contributed by atoms with Crippen molar-refractivity contribution < 1.29 is 13.5 Å². The van der Waals surface area contributed by atoms with Gasteiger partial charge in [-0.1, -0.05) is 42.0 Å². The second-order valence-corrected chi connectivity index (χ2v) is 9.75. The van der Waals surface area contributed by atoms with Crippen LogP contribution in [0.15, 0.2) is 53.4 Å². The Bertz CT molecular complexity index is 959. The fourth-order valence-corrected chi connectivity index (χ4v) is 4.50. The molecule has 2 unspecified atom stereocenters. The van der Waals surface area contributed by atoms with Crippen molar-refractivity contribution >= 4 is 21.0 Å². The molecule has 0 saturated heterocycles. The topological polar surface area (TPSA) is 57.6 Å². The zero-order chi connectivity index (χ0) is 19.8. The van der Waals surface area contributed by atoms with Crippen molar-refractivity contribution in [2.45, 2.75) is 24.3 Å². The third-order valence-corrected chi connectivity index (χ3v) is 6.22. The summed E-state index contributed by atoms with van der Waals surface area (Å²) >= 11 is 0. The van der Waals surface area contributed by atoms with E-state index in [-0.39, 0.29) is 5.92 Å². The molecule has 27 heavy (non-hydrogen) atoms. The molecule has 4 nitrogen and oxygen atoms in total. The van der Waals surface area contributed by atoms with E-state index < -0.39 is 15.9 Å². The molecule has 0 saturated carbocycles. The van der Waals surface area contributed by atoms with Gasteiger partial charge in [-0.2, -0.15) is 0 Å². The van der Waals surface area contributed by atoms with E-state index in [4.69, 9.17) is 0 Å². The Hall–Kier alpha value is -1.95. The van der Waals surface area contributed by atoms with Crippen molar-refractivity contribution in [2.75, 3.05) is 26.9 Å².